The number of carbonyl (C=O) groups excluding carboxylic acids is 2. The molecule has 0 atom stereocenters. The number of halogens is 2. The summed E-state index contributed by atoms with van der Waals surface area (Å²) in [4.78, 5) is 24.4. The molecule has 0 radical (unpaired) electrons. The maximum atomic E-state index is 12.8. The second-order valence-electron chi connectivity index (χ2n) is 8.72. The van der Waals surface area contributed by atoms with Crippen molar-refractivity contribution in [3.63, 3.8) is 0 Å². The molecule has 3 rings (SSSR count). The molecule has 0 fully saturated rings. The van der Waals surface area contributed by atoms with Gasteiger partial charge in [0.2, 0.25) is 0 Å². The summed E-state index contributed by atoms with van der Waals surface area (Å²) in [5.41, 5.74) is 2.67. The Labute approximate surface area is 209 Å². The summed E-state index contributed by atoms with van der Waals surface area (Å²) in [5.74, 6) is 0.273. The van der Waals surface area contributed by atoms with Crippen LogP contribution in [0.5, 0.6) is 0 Å². The number of amides is 2. The molecule has 2 amide bonds. The van der Waals surface area contributed by atoms with Crippen LogP contribution in [0.4, 0.5) is 16.3 Å². The number of anilines is 2. The van der Waals surface area contributed by atoms with E-state index in [0.29, 0.717) is 41.0 Å². The fourth-order valence-corrected chi connectivity index (χ4v) is 3.69. The van der Waals surface area contributed by atoms with E-state index in [0.717, 1.165) is 16.9 Å². The zero-order chi connectivity index (χ0) is 24.9. The number of para-hydroxylation sites is 1. The Hall–Kier alpha value is -3.03. The molecule has 7 nitrogen and oxygen atoms in total. The molecule has 0 aliphatic carbocycles. The van der Waals surface area contributed by atoms with Gasteiger partial charge in [-0.2, -0.15) is 5.10 Å². The fraction of sp³-hybridized carbons (Fsp3) is 0.320. The molecule has 0 saturated heterocycles. The molecule has 2 aromatic carbocycles. The van der Waals surface area contributed by atoms with Crippen molar-refractivity contribution >= 4 is 46.7 Å². The SMILES string of the molecule is CCOC(=O)CCc1ccc(-n2nc(C(C)(C)C)cc2NC(=O)Nc2c(Cl)cccc2Cl)cc1. The van der Waals surface area contributed by atoms with E-state index in [1.165, 1.54) is 0 Å². The van der Waals surface area contributed by atoms with Crippen molar-refractivity contribution in [1.82, 2.24) is 9.78 Å². The van der Waals surface area contributed by atoms with Crippen LogP contribution in [0.25, 0.3) is 5.69 Å². The normalized spacial score (nSPS) is 11.2. The monoisotopic (exact) mass is 502 g/mol. The molecule has 1 heterocycles. The van der Waals surface area contributed by atoms with E-state index in [4.69, 9.17) is 33.0 Å². The van der Waals surface area contributed by atoms with Gasteiger partial charge in [0, 0.05) is 17.9 Å². The Kier molecular flexibility index (Phi) is 8.23. The average molecular weight is 503 g/mol. The van der Waals surface area contributed by atoms with E-state index in [1.54, 1.807) is 29.8 Å². The summed E-state index contributed by atoms with van der Waals surface area (Å²) < 4.78 is 6.66. The number of rotatable bonds is 7. The predicted octanol–water partition coefficient (Wildman–Crippen LogP) is 6.62. The lowest BCUT2D eigenvalue weighted by molar-refractivity contribution is -0.143. The number of aromatic nitrogens is 2. The smallest absolute Gasteiger partial charge is 0.324 e. The minimum Gasteiger partial charge on any atom is -0.466 e. The van der Waals surface area contributed by atoms with Gasteiger partial charge in [-0.15, -0.1) is 0 Å². The molecule has 0 saturated carbocycles. The molecule has 1 aromatic heterocycles. The third-order valence-electron chi connectivity index (χ3n) is 5.02. The van der Waals surface area contributed by atoms with E-state index in [2.05, 4.69) is 10.6 Å². The van der Waals surface area contributed by atoms with Crippen LogP contribution in [0.15, 0.2) is 48.5 Å². The van der Waals surface area contributed by atoms with Crippen LogP contribution in [-0.4, -0.2) is 28.4 Å². The number of nitrogens with one attached hydrogen (secondary N) is 2. The highest BCUT2D eigenvalue weighted by Gasteiger charge is 2.22. The van der Waals surface area contributed by atoms with Gasteiger partial charge >= 0.3 is 12.0 Å². The minimum absolute atomic E-state index is 0.218. The third-order valence-corrected chi connectivity index (χ3v) is 5.65. The van der Waals surface area contributed by atoms with E-state index in [-0.39, 0.29) is 11.4 Å². The van der Waals surface area contributed by atoms with Crippen LogP contribution in [0.1, 0.15) is 45.4 Å². The standard InChI is InChI=1S/C25H28Cl2N4O3/c1-5-34-22(32)14-11-16-9-12-17(13-10-16)31-21(15-20(30-31)25(2,3)4)28-24(33)29-23-18(26)7-6-8-19(23)27/h6-10,12-13,15H,5,11,14H2,1-4H3,(H2,28,29,33). The summed E-state index contributed by atoms with van der Waals surface area (Å²) in [6.07, 6.45) is 0.901. The molecule has 0 aliphatic heterocycles. The van der Waals surface area contributed by atoms with Crippen LogP contribution in [-0.2, 0) is 21.4 Å². The van der Waals surface area contributed by atoms with Crippen LogP contribution < -0.4 is 10.6 Å². The largest absolute Gasteiger partial charge is 0.466 e. The third kappa shape index (κ3) is 6.52. The molecule has 0 spiro atoms. The lowest BCUT2D eigenvalue weighted by atomic mass is 9.92. The first-order chi connectivity index (χ1) is 16.1. The first kappa shape index (κ1) is 25.6. The molecule has 2 N–H and O–H groups in total. The topological polar surface area (TPSA) is 85.2 Å². The molecule has 3 aromatic rings. The summed E-state index contributed by atoms with van der Waals surface area (Å²) in [7, 11) is 0. The quantitative estimate of drug-likeness (QED) is 0.355. The average Bonchev–Trinajstić information content (AvgIpc) is 3.20. The molecular weight excluding hydrogens is 475 g/mol. The Morgan fingerprint density at radius 1 is 1.03 bits per heavy atom. The number of esters is 1. The van der Waals surface area contributed by atoms with Crippen molar-refractivity contribution in [2.24, 2.45) is 0 Å². The molecule has 180 valence electrons. The number of aryl methyl sites for hydroxylation is 1. The lowest BCUT2D eigenvalue weighted by Gasteiger charge is -2.14. The number of benzene rings is 2. The van der Waals surface area contributed by atoms with Gasteiger partial charge in [0.15, 0.2) is 0 Å². The van der Waals surface area contributed by atoms with Gasteiger partial charge < -0.3 is 10.1 Å². The zero-order valence-corrected chi connectivity index (χ0v) is 21.1. The molecule has 34 heavy (non-hydrogen) atoms. The van der Waals surface area contributed by atoms with Gasteiger partial charge in [-0.1, -0.05) is 62.2 Å². The second-order valence-corrected chi connectivity index (χ2v) is 9.54. The van der Waals surface area contributed by atoms with Crippen molar-refractivity contribution in [2.45, 2.75) is 46.0 Å². The lowest BCUT2D eigenvalue weighted by Crippen LogP contribution is -2.21. The molecule has 0 unspecified atom stereocenters. The summed E-state index contributed by atoms with van der Waals surface area (Å²) in [5, 5.41) is 10.9. The first-order valence-electron chi connectivity index (χ1n) is 11.0. The van der Waals surface area contributed by atoms with E-state index < -0.39 is 6.03 Å². The molecule has 0 bridgehead atoms. The van der Waals surface area contributed by atoms with E-state index in [9.17, 15) is 9.59 Å². The molecule has 0 aliphatic rings. The predicted molar refractivity (Wildman–Crippen MR) is 136 cm³/mol. The molecule has 9 heteroatoms. The number of hydrogen-bond donors (Lipinski definition) is 2. The van der Waals surface area contributed by atoms with Crippen molar-refractivity contribution in [3.05, 3.63) is 69.8 Å². The Morgan fingerprint density at radius 3 is 2.26 bits per heavy atom. The minimum atomic E-state index is -0.498. The van der Waals surface area contributed by atoms with Gasteiger partial charge in [-0.3, -0.25) is 10.1 Å². The van der Waals surface area contributed by atoms with Crippen LogP contribution in [0.2, 0.25) is 10.0 Å². The Morgan fingerprint density at radius 2 is 1.68 bits per heavy atom. The highest BCUT2D eigenvalue weighted by Crippen LogP contribution is 2.31. The maximum Gasteiger partial charge on any atom is 0.324 e. The number of urea groups is 1. The summed E-state index contributed by atoms with van der Waals surface area (Å²) >= 11 is 12.3. The summed E-state index contributed by atoms with van der Waals surface area (Å²) in [6.45, 7) is 8.30. The maximum absolute atomic E-state index is 12.8. The van der Waals surface area contributed by atoms with Gasteiger partial charge in [-0.25, -0.2) is 9.48 Å². The summed E-state index contributed by atoms with van der Waals surface area (Å²) in [6, 6.07) is 14.0. The van der Waals surface area contributed by atoms with Crippen LogP contribution in [0.3, 0.4) is 0 Å². The van der Waals surface area contributed by atoms with Crippen molar-refractivity contribution < 1.29 is 14.3 Å². The second kappa shape index (κ2) is 10.9. The van der Waals surface area contributed by atoms with Gasteiger partial charge in [-0.05, 0) is 43.2 Å². The number of ether oxygens (including phenoxy) is 1. The highest BCUT2D eigenvalue weighted by atomic mass is 35.5. The van der Waals surface area contributed by atoms with Crippen molar-refractivity contribution in [3.8, 4) is 5.69 Å². The zero-order valence-electron chi connectivity index (χ0n) is 19.6. The molecular formula is C25H28Cl2N4O3. The van der Waals surface area contributed by atoms with Gasteiger partial charge in [0.25, 0.3) is 0 Å². The van der Waals surface area contributed by atoms with Gasteiger partial charge in [0.05, 0.1) is 33.7 Å². The van der Waals surface area contributed by atoms with Gasteiger partial charge in [0.1, 0.15) is 5.82 Å². The van der Waals surface area contributed by atoms with Crippen LogP contribution >= 0.6 is 23.2 Å². The van der Waals surface area contributed by atoms with Crippen molar-refractivity contribution in [2.75, 3.05) is 17.2 Å². The highest BCUT2D eigenvalue weighted by molar-refractivity contribution is 6.39. The van der Waals surface area contributed by atoms with Crippen molar-refractivity contribution in [1.29, 1.82) is 0 Å². The van der Waals surface area contributed by atoms with E-state index in [1.807, 2.05) is 51.1 Å². The first-order valence-corrected chi connectivity index (χ1v) is 11.7. The number of hydrogen-bond acceptors (Lipinski definition) is 4. The Balaban J connectivity index is 1.83. The fourth-order valence-electron chi connectivity index (χ4n) is 3.20. The van der Waals surface area contributed by atoms with E-state index >= 15 is 0 Å². The number of carbonyl (C=O) groups is 2. The Bertz CT molecular complexity index is 1150. The van der Waals surface area contributed by atoms with Crippen LogP contribution in [0, 0.1) is 0 Å². The number of nitrogens with zero attached hydrogens (tertiary/aromatic N) is 2.